The summed E-state index contributed by atoms with van der Waals surface area (Å²) in [5, 5.41) is 0. The summed E-state index contributed by atoms with van der Waals surface area (Å²) in [4.78, 5) is 22.4. The number of unbranched alkanes of at least 4 members (excludes halogenated alkanes) is 1. The predicted octanol–water partition coefficient (Wildman–Crippen LogP) is 4.81. The third-order valence-electron chi connectivity index (χ3n) is 7.05. The molecular weight excluding hydrogens is 478 g/mol. The summed E-state index contributed by atoms with van der Waals surface area (Å²) in [6.45, 7) is 7.49. The third-order valence-corrected chi connectivity index (χ3v) is 7.05. The van der Waals surface area contributed by atoms with Gasteiger partial charge in [0.15, 0.2) is 5.82 Å². The molecule has 3 heterocycles. The number of nitrogens with zero attached hydrogens (tertiary/aromatic N) is 3. The summed E-state index contributed by atoms with van der Waals surface area (Å²) in [5.41, 5.74) is 11.8. The van der Waals surface area contributed by atoms with Gasteiger partial charge in [-0.3, -0.25) is 9.47 Å². The van der Waals surface area contributed by atoms with E-state index in [1.165, 1.54) is 37.1 Å². The van der Waals surface area contributed by atoms with Crippen LogP contribution < -0.4 is 16.2 Å². The number of nitrogens with one attached hydrogen (secondary N) is 1. The van der Waals surface area contributed by atoms with Gasteiger partial charge in [-0.1, -0.05) is 55.8 Å². The van der Waals surface area contributed by atoms with Gasteiger partial charge in [0.2, 0.25) is 5.88 Å². The van der Waals surface area contributed by atoms with Crippen LogP contribution in [0.15, 0.2) is 59.4 Å². The van der Waals surface area contributed by atoms with Crippen molar-refractivity contribution in [1.82, 2.24) is 19.4 Å². The summed E-state index contributed by atoms with van der Waals surface area (Å²) in [6, 6.07) is 18.9. The van der Waals surface area contributed by atoms with Crippen molar-refractivity contribution >= 4 is 16.9 Å². The Labute approximate surface area is 223 Å². The Morgan fingerprint density at radius 2 is 1.76 bits per heavy atom. The van der Waals surface area contributed by atoms with Gasteiger partial charge in [-0.15, -0.1) is 0 Å². The normalized spacial score (nSPS) is 13.9. The minimum absolute atomic E-state index is 0.229. The van der Waals surface area contributed by atoms with E-state index in [-0.39, 0.29) is 11.5 Å². The molecule has 1 aliphatic heterocycles. The highest BCUT2D eigenvalue weighted by molar-refractivity contribution is 5.85. The second-order valence-corrected chi connectivity index (χ2v) is 9.95. The van der Waals surface area contributed by atoms with Gasteiger partial charge in [-0.25, -0.2) is 4.79 Å². The fourth-order valence-electron chi connectivity index (χ4n) is 4.97. The Kier molecular flexibility index (Phi) is 8.41. The molecule has 4 aromatic rings. The summed E-state index contributed by atoms with van der Waals surface area (Å²) in [7, 11) is 0. The van der Waals surface area contributed by atoms with Crippen molar-refractivity contribution in [3.05, 3.63) is 76.2 Å². The number of H-pyrrole nitrogens is 1. The number of hydrogen-bond donors (Lipinski definition) is 2. The Morgan fingerprint density at radius 3 is 2.55 bits per heavy atom. The van der Waals surface area contributed by atoms with Crippen LogP contribution in [0.4, 0.5) is 5.82 Å². The minimum Gasteiger partial charge on any atom is -0.475 e. The Hall–Kier alpha value is -3.62. The van der Waals surface area contributed by atoms with Crippen molar-refractivity contribution in [3.63, 3.8) is 0 Å². The number of benzene rings is 2. The maximum Gasteiger partial charge on any atom is 0.326 e. The number of ether oxygens (including phenoxy) is 2. The van der Waals surface area contributed by atoms with Crippen molar-refractivity contribution < 1.29 is 9.47 Å². The van der Waals surface area contributed by atoms with Crippen molar-refractivity contribution in [2.75, 3.05) is 38.6 Å². The Bertz CT molecular complexity index is 1400. The van der Waals surface area contributed by atoms with E-state index in [1.54, 1.807) is 10.6 Å². The van der Waals surface area contributed by atoms with Gasteiger partial charge >= 0.3 is 5.69 Å². The number of likely N-dealkylation sites (tertiary alicyclic amines) is 1. The zero-order chi connectivity index (χ0) is 26.3. The molecule has 2 aromatic carbocycles. The van der Waals surface area contributed by atoms with Crippen LogP contribution in [0.5, 0.6) is 5.88 Å². The van der Waals surface area contributed by atoms with Crippen molar-refractivity contribution in [3.8, 4) is 17.0 Å². The largest absolute Gasteiger partial charge is 0.475 e. The molecule has 0 saturated carbocycles. The molecule has 1 fully saturated rings. The second kappa shape index (κ2) is 12.3. The van der Waals surface area contributed by atoms with E-state index >= 15 is 0 Å². The van der Waals surface area contributed by atoms with Crippen molar-refractivity contribution in [2.45, 2.75) is 45.7 Å². The molecular formula is C30H37N5O3. The van der Waals surface area contributed by atoms with Gasteiger partial charge in [0.1, 0.15) is 12.1 Å². The third kappa shape index (κ3) is 6.26. The van der Waals surface area contributed by atoms with Crippen LogP contribution in [0.3, 0.4) is 0 Å². The SMILES string of the molecule is CCCCOCCOc1cc2c([nH]c(=O)n2Cc2ccc(-c3cccc(CN4CCCC4)c3)cc2)c(N)n1. The predicted molar refractivity (Wildman–Crippen MR) is 151 cm³/mol. The molecule has 0 amide bonds. The van der Waals surface area contributed by atoms with Gasteiger partial charge < -0.3 is 20.2 Å². The van der Waals surface area contributed by atoms with Gasteiger partial charge in [-0.2, -0.15) is 4.98 Å². The average molecular weight is 516 g/mol. The van der Waals surface area contributed by atoms with Gasteiger partial charge in [-0.05, 0) is 60.7 Å². The minimum atomic E-state index is -0.229. The van der Waals surface area contributed by atoms with E-state index < -0.39 is 0 Å². The summed E-state index contributed by atoms with van der Waals surface area (Å²) >= 11 is 0. The second-order valence-electron chi connectivity index (χ2n) is 9.95. The van der Waals surface area contributed by atoms with E-state index in [2.05, 4.69) is 70.3 Å². The Balaban J connectivity index is 1.29. The van der Waals surface area contributed by atoms with Crippen molar-refractivity contribution in [2.24, 2.45) is 0 Å². The lowest BCUT2D eigenvalue weighted by Crippen LogP contribution is -2.18. The van der Waals surface area contributed by atoms with Gasteiger partial charge in [0.05, 0.1) is 18.7 Å². The quantitative estimate of drug-likeness (QED) is 0.263. The van der Waals surface area contributed by atoms with E-state index in [0.717, 1.165) is 30.5 Å². The number of hydrogen-bond acceptors (Lipinski definition) is 6. The highest BCUT2D eigenvalue weighted by Crippen LogP contribution is 2.25. The molecule has 0 spiro atoms. The molecule has 0 bridgehead atoms. The van der Waals surface area contributed by atoms with Gasteiger partial charge in [0.25, 0.3) is 0 Å². The molecule has 0 radical (unpaired) electrons. The van der Waals surface area contributed by atoms with Crippen LogP contribution in [0.1, 0.15) is 43.7 Å². The average Bonchev–Trinajstić information content (AvgIpc) is 3.55. The number of fused-ring (bicyclic) bond motifs is 1. The summed E-state index contributed by atoms with van der Waals surface area (Å²) < 4.78 is 13.0. The molecule has 3 N–H and O–H groups in total. The van der Waals surface area contributed by atoms with Crippen LogP contribution >= 0.6 is 0 Å². The van der Waals surface area contributed by atoms with Gasteiger partial charge in [0, 0.05) is 19.2 Å². The molecule has 2 aromatic heterocycles. The lowest BCUT2D eigenvalue weighted by Gasteiger charge is -2.15. The monoisotopic (exact) mass is 515 g/mol. The number of aromatic amines is 1. The molecule has 38 heavy (non-hydrogen) atoms. The van der Waals surface area contributed by atoms with Crippen molar-refractivity contribution in [1.29, 1.82) is 0 Å². The molecule has 8 nitrogen and oxygen atoms in total. The van der Waals surface area contributed by atoms with Crippen LogP contribution in [0.2, 0.25) is 0 Å². The van der Waals surface area contributed by atoms with Crippen LogP contribution in [-0.4, -0.2) is 52.3 Å². The molecule has 1 aliphatic rings. The Morgan fingerprint density at radius 1 is 0.947 bits per heavy atom. The number of anilines is 1. The molecule has 0 unspecified atom stereocenters. The molecule has 5 rings (SSSR count). The first kappa shape index (κ1) is 26.0. The van der Waals surface area contributed by atoms with Crippen LogP contribution in [0, 0.1) is 0 Å². The number of imidazole rings is 1. The number of nitrogens with two attached hydrogens (primary N) is 1. The zero-order valence-corrected chi connectivity index (χ0v) is 22.1. The lowest BCUT2D eigenvalue weighted by molar-refractivity contribution is 0.0966. The van der Waals surface area contributed by atoms with E-state index in [1.807, 2.05) is 0 Å². The lowest BCUT2D eigenvalue weighted by atomic mass is 10.0. The van der Waals surface area contributed by atoms with E-state index in [0.29, 0.717) is 43.3 Å². The maximum absolute atomic E-state index is 12.8. The molecule has 200 valence electrons. The fourth-order valence-corrected chi connectivity index (χ4v) is 4.97. The summed E-state index contributed by atoms with van der Waals surface area (Å²) in [6.07, 6.45) is 4.71. The summed E-state index contributed by atoms with van der Waals surface area (Å²) in [5.74, 6) is 0.621. The molecule has 8 heteroatoms. The van der Waals surface area contributed by atoms with E-state index in [4.69, 9.17) is 15.2 Å². The molecule has 1 saturated heterocycles. The number of aromatic nitrogens is 3. The first-order valence-electron chi connectivity index (χ1n) is 13.6. The highest BCUT2D eigenvalue weighted by atomic mass is 16.5. The van der Waals surface area contributed by atoms with Crippen LogP contribution in [0.25, 0.3) is 22.2 Å². The topological polar surface area (TPSA) is 98.4 Å². The smallest absolute Gasteiger partial charge is 0.326 e. The van der Waals surface area contributed by atoms with E-state index in [9.17, 15) is 4.79 Å². The molecule has 0 atom stereocenters. The number of rotatable bonds is 12. The maximum atomic E-state index is 12.8. The standard InChI is InChI=1S/C30H37N5O3/c1-2-3-15-37-16-17-38-27-19-26-28(29(31)32-27)33-30(36)35(26)21-22-9-11-24(12-10-22)25-8-6-7-23(18-25)20-34-13-4-5-14-34/h6-12,18-19H,2-5,13-17,20-21H2,1H3,(H2,31,32)(H,33,36). The van der Waals surface area contributed by atoms with Crippen LogP contribution in [-0.2, 0) is 17.8 Å². The molecule has 0 aliphatic carbocycles. The number of pyridine rings is 1. The number of nitrogen functional groups attached to an aromatic ring is 1. The first-order chi connectivity index (χ1) is 18.6. The fraction of sp³-hybridized carbons (Fsp3) is 0.400. The highest BCUT2D eigenvalue weighted by Gasteiger charge is 2.14. The zero-order valence-electron chi connectivity index (χ0n) is 22.1. The first-order valence-corrected chi connectivity index (χ1v) is 13.6.